The highest BCUT2D eigenvalue weighted by molar-refractivity contribution is 5.31. The summed E-state index contributed by atoms with van der Waals surface area (Å²) in [7, 11) is 1.73. The number of methoxy groups -OCH3 is 1. The van der Waals surface area contributed by atoms with E-state index < -0.39 is 0 Å². The van der Waals surface area contributed by atoms with E-state index in [1.165, 1.54) is 16.7 Å². The lowest BCUT2D eigenvalue weighted by Gasteiger charge is -2.04. The number of aryl methyl sites for hydroxylation is 2. The largest absolute Gasteiger partial charge is 0.380 e. The van der Waals surface area contributed by atoms with Gasteiger partial charge in [-0.1, -0.05) is 23.4 Å². The predicted molar refractivity (Wildman–Crippen MR) is 79.2 cm³/mol. The molecule has 1 N–H and O–H groups in total. The van der Waals surface area contributed by atoms with Crippen molar-refractivity contribution >= 4 is 0 Å². The summed E-state index contributed by atoms with van der Waals surface area (Å²) in [6, 6.07) is 6.54. The average molecular weight is 287 g/mol. The number of hydrogen-bond acceptors (Lipinski definition) is 5. The van der Waals surface area contributed by atoms with Crippen LogP contribution in [0.5, 0.6) is 0 Å². The zero-order valence-electron chi connectivity index (χ0n) is 12.7. The Morgan fingerprint density at radius 2 is 2.19 bits per heavy atom. The minimum absolute atomic E-state index is 0.107. The first-order chi connectivity index (χ1) is 10.2. The van der Waals surface area contributed by atoms with Gasteiger partial charge in [-0.3, -0.25) is 0 Å². The van der Waals surface area contributed by atoms with E-state index in [0.717, 1.165) is 18.8 Å². The summed E-state index contributed by atoms with van der Waals surface area (Å²) in [5, 5.41) is 7.44. The fourth-order valence-electron chi connectivity index (χ4n) is 2.65. The summed E-state index contributed by atoms with van der Waals surface area (Å²) in [5.74, 6) is 1.39. The van der Waals surface area contributed by atoms with Gasteiger partial charge in [0.15, 0.2) is 5.82 Å². The third-order valence-corrected chi connectivity index (χ3v) is 4.14. The molecule has 0 radical (unpaired) electrons. The number of hydrogen-bond donors (Lipinski definition) is 1. The van der Waals surface area contributed by atoms with Gasteiger partial charge in [0.25, 0.3) is 0 Å². The minimum Gasteiger partial charge on any atom is -0.380 e. The van der Waals surface area contributed by atoms with Crippen molar-refractivity contribution in [3.8, 4) is 0 Å². The molecule has 0 aliphatic carbocycles. The smallest absolute Gasteiger partial charge is 0.243 e. The first-order valence-electron chi connectivity index (χ1n) is 7.30. The molecule has 1 aromatic heterocycles. The van der Waals surface area contributed by atoms with E-state index in [9.17, 15) is 0 Å². The molecule has 2 aromatic rings. The maximum atomic E-state index is 5.39. The van der Waals surface area contributed by atoms with Crippen LogP contribution in [0.1, 0.15) is 40.9 Å². The fraction of sp³-hybridized carbons (Fsp3) is 0.500. The molecule has 0 bridgehead atoms. The zero-order valence-corrected chi connectivity index (χ0v) is 12.7. The van der Waals surface area contributed by atoms with Gasteiger partial charge in [0.05, 0.1) is 12.1 Å². The van der Waals surface area contributed by atoms with Crippen molar-refractivity contribution in [3.63, 3.8) is 0 Å². The number of ether oxygens (including phenoxy) is 1. The van der Waals surface area contributed by atoms with Gasteiger partial charge >= 0.3 is 0 Å². The number of aromatic nitrogens is 2. The quantitative estimate of drug-likeness (QED) is 0.935. The SMILES string of the molecule is COC1CNC(c2nc(Cc3ccc(C)c(C)c3)no2)C1. The molecule has 2 atom stereocenters. The Hall–Kier alpha value is -1.72. The highest BCUT2D eigenvalue weighted by Gasteiger charge is 2.29. The van der Waals surface area contributed by atoms with E-state index in [1.807, 2.05) is 0 Å². The number of nitrogens with one attached hydrogen (secondary N) is 1. The molecule has 5 heteroatoms. The van der Waals surface area contributed by atoms with Gasteiger partial charge in [-0.15, -0.1) is 0 Å². The molecule has 1 aliphatic heterocycles. The summed E-state index contributed by atoms with van der Waals surface area (Å²) in [6.07, 6.45) is 1.80. The van der Waals surface area contributed by atoms with Crippen LogP contribution >= 0.6 is 0 Å². The second-order valence-electron chi connectivity index (χ2n) is 5.70. The molecule has 2 heterocycles. The Balaban J connectivity index is 1.69. The third-order valence-electron chi connectivity index (χ3n) is 4.14. The summed E-state index contributed by atoms with van der Waals surface area (Å²) < 4.78 is 10.7. The topological polar surface area (TPSA) is 60.2 Å². The summed E-state index contributed by atoms with van der Waals surface area (Å²) in [6.45, 7) is 5.06. The molecule has 0 saturated carbocycles. The van der Waals surface area contributed by atoms with Gasteiger partial charge in [0.2, 0.25) is 5.89 Å². The van der Waals surface area contributed by atoms with E-state index >= 15 is 0 Å². The molecule has 0 amide bonds. The first-order valence-corrected chi connectivity index (χ1v) is 7.30. The van der Waals surface area contributed by atoms with E-state index in [4.69, 9.17) is 9.26 Å². The molecule has 21 heavy (non-hydrogen) atoms. The van der Waals surface area contributed by atoms with Gasteiger partial charge in [0.1, 0.15) is 0 Å². The summed E-state index contributed by atoms with van der Waals surface area (Å²) in [5.41, 5.74) is 3.80. The van der Waals surface area contributed by atoms with Gasteiger partial charge in [-0.25, -0.2) is 0 Å². The zero-order chi connectivity index (χ0) is 14.8. The molecule has 1 aromatic carbocycles. The van der Waals surface area contributed by atoms with Crippen LogP contribution in [0.4, 0.5) is 0 Å². The van der Waals surface area contributed by atoms with Gasteiger partial charge in [-0.05, 0) is 37.0 Å². The van der Waals surface area contributed by atoms with Crippen LogP contribution in [0.25, 0.3) is 0 Å². The minimum atomic E-state index is 0.107. The number of nitrogens with zero attached hydrogens (tertiary/aromatic N) is 2. The normalized spacial score (nSPS) is 21.9. The standard InChI is InChI=1S/C16H21N3O2/c1-10-4-5-12(6-11(10)2)7-15-18-16(21-19-15)14-8-13(20-3)9-17-14/h4-6,13-14,17H,7-9H2,1-3H3. The van der Waals surface area contributed by atoms with Crippen LogP contribution in [-0.2, 0) is 11.2 Å². The van der Waals surface area contributed by atoms with Crippen LogP contribution < -0.4 is 5.32 Å². The molecule has 3 rings (SSSR count). The van der Waals surface area contributed by atoms with Gasteiger partial charge in [0, 0.05) is 20.1 Å². The fourth-order valence-corrected chi connectivity index (χ4v) is 2.65. The van der Waals surface area contributed by atoms with Crippen LogP contribution in [0.15, 0.2) is 22.7 Å². The van der Waals surface area contributed by atoms with Crippen molar-refractivity contribution < 1.29 is 9.26 Å². The maximum absolute atomic E-state index is 5.39. The Labute approximate surface area is 124 Å². The Kier molecular flexibility index (Phi) is 4.03. The predicted octanol–water partition coefficient (Wildman–Crippen LogP) is 2.33. The molecule has 112 valence electrons. The highest BCUT2D eigenvalue weighted by atomic mass is 16.5. The lowest BCUT2D eigenvalue weighted by molar-refractivity contribution is 0.116. The second-order valence-corrected chi connectivity index (χ2v) is 5.70. The highest BCUT2D eigenvalue weighted by Crippen LogP contribution is 2.23. The Morgan fingerprint density at radius 3 is 2.90 bits per heavy atom. The molecular formula is C16H21N3O2. The molecular weight excluding hydrogens is 266 g/mol. The van der Waals surface area contributed by atoms with Crippen molar-refractivity contribution in [3.05, 3.63) is 46.6 Å². The number of rotatable bonds is 4. The first kappa shape index (κ1) is 14.2. The van der Waals surface area contributed by atoms with Crippen molar-refractivity contribution in [1.29, 1.82) is 0 Å². The van der Waals surface area contributed by atoms with Crippen LogP contribution in [0.2, 0.25) is 0 Å². The van der Waals surface area contributed by atoms with Crippen molar-refractivity contribution in [2.45, 2.75) is 38.8 Å². The molecule has 0 spiro atoms. The van der Waals surface area contributed by atoms with Crippen LogP contribution in [0, 0.1) is 13.8 Å². The Morgan fingerprint density at radius 1 is 1.33 bits per heavy atom. The van der Waals surface area contributed by atoms with Crippen molar-refractivity contribution in [2.24, 2.45) is 0 Å². The molecule has 1 fully saturated rings. The van der Waals surface area contributed by atoms with Crippen molar-refractivity contribution in [2.75, 3.05) is 13.7 Å². The van der Waals surface area contributed by atoms with Crippen LogP contribution in [0.3, 0.4) is 0 Å². The van der Waals surface area contributed by atoms with Gasteiger partial charge in [-0.2, -0.15) is 4.98 Å². The van der Waals surface area contributed by atoms with Crippen LogP contribution in [-0.4, -0.2) is 29.9 Å². The molecule has 1 saturated heterocycles. The van der Waals surface area contributed by atoms with E-state index in [2.05, 4.69) is 47.5 Å². The summed E-state index contributed by atoms with van der Waals surface area (Å²) in [4.78, 5) is 4.51. The lowest BCUT2D eigenvalue weighted by atomic mass is 10.0. The summed E-state index contributed by atoms with van der Waals surface area (Å²) >= 11 is 0. The second kappa shape index (κ2) is 5.95. The third kappa shape index (κ3) is 3.14. The molecule has 1 aliphatic rings. The average Bonchev–Trinajstić information content (AvgIpc) is 3.11. The maximum Gasteiger partial charge on any atom is 0.243 e. The van der Waals surface area contributed by atoms with Crippen molar-refractivity contribution in [1.82, 2.24) is 15.5 Å². The molecule has 5 nitrogen and oxygen atoms in total. The van der Waals surface area contributed by atoms with E-state index in [-0.39, 0.29) is 12.1 Å². The monoisotopic (exact) mass is 287 g/mol. The van der Waals surface area contributed by atoms with E-state index in [0.29, 0.717) is 12.3 Å². The lowest BCUT2D eigenvalue weighted by Crippen LogP contribution is -2.16. The number of benzene rings is 1. The van der Waals surface area contributed by atoms with Gasteiger partial charge < -0.3 is 14.6 Å². The Bertz CT molecular complexity index is 624. The molecule has 2 unspecified atom stereocenters. The van der Waals surface area contributed by atoms with E-state index in [1.54, 1.807) is 7.11 Å².